The maximum Gasteiger partial charge on any atom is 0.247 e. The van der Waals surface area contributed by atoms with Crippen molar-refractivity contribution in [2.45, 2.75) is 58.7 Å². The zero-order valence-electron chi connectivity index (χ0n) is 15.5. The van der Waals surface area contributed by atoms with Crippen molar-refractivity contribution in [2.24, 2.45) is 5.92 Å². The van der Waals surface area contributed by atoms with Crippen molar-refractivity contribution in [3.05, 3.63) is 22.5 Å². The van der Waals surface area contributed by atoms with E-state index >= 15 is 0 Å². The standard InChI is InChI=1S/C18H26ClN3O3S/c1-12(2)10-21-18(19)16(13(3)20-21)6-7-17(23)22(14-4-5-14)15-8-9-26(24,25)11-15/h6-7,12,14-15H,4-5,8-11H2,1-3H3/b7-6+. The van der Waals surface area contributed by atoms with Crippen LogP contribution < -0.4 is 0 Å². The van der Waals surface area contributed by atoms with Gasteiger partial charge < -0.3 is 4.90 Å². The normalized spacial score (nSPS) is 22.4. The molecule has 1 aromatic rings. The van der Waals surface area contributed by atoms with Crippen LogP contribution in [0.1, 0.15) is 44.4 Å². The first kappa shape index (κ1) is 19.4. The van der Waals surface area contributed by atoms with Crippen LogP contribution in [0.4, 0.5) is 0 Å². The minimum atomic E-state index is -3.02. The summed E-state index contributed by atoms with van der Waals surface area (Å²) >= 11 is 6.42. The van der Waals surface area contributed by atoms with Gasteiger partial charge in [-0.2, -0.15) is 5.10 Å². The van der Waals surface area contributed by atoms with E-state index in [1.54, 1.807) is 15.7 Å². The summed E-state index contributed by atoms with van der Waals surface area (Å²) in [5, 5.41) is 4.98. The highest BCUT2D eigenvalue weighted by atomic mass is 35.5. The lowest BCUT2D eigenvalue weighted by atomic mass is 10.2. The Bertz CT molecular complexity index is 825. The molecule has 1 aromatic heterocycles. The summed E-state index contributed by atoms with van der Waals surface area (Å²) in [5.41, 5.74) is 1.52. The van der Waals surface area contributed by atoms with Gasteiger partial charge in [-0.1, -0.05) is 25.4 Å². The van der Waals surface area contributed by atoms with Crippen molar-refractivity contribution in [2.75, 3.05) is 11.5 Å². The molecule has 2 fully saturated rings. The SMILES string of the molecule is Cc1nn(CC(C)C)c(Cl)c1/C=C/C(=O)N(C1CC1)C1CCS(=O)(=O)C1. The van der Waals surface area contributed by atoms with Crippen LogP contribution in [0, 0.1) is 12.8 Å². The lowest BCUT2D eigenvalue weighted by Gasteiger charge is -2.27. The number of hydrogen-bond donors (Lipinski definition) is 0. The van der Waals surface area contributed by atoms with Crippen LogP contribution in [0.2, 0.25) is 5.15 Å². The van der Waals surface area contributed by atoms with Crippen molar-refractivity contribution in [3.63, 3.8) is 0 Å². The van der Waals surface area contributed by atoms with Crippen molar-refractivity contribution in [3.8, 4) is 0 Å². The van der Waals surface area contributed by atoms with Crippen LogP contribution in [-0.2, 0) is 21.2 Å². The van der Waals surface area contributed by atoms with Crippen LogP contribution >= 0.6 is 11.6 Å². The number of amides is 1. The quantitative estimate of drug-likeness (QED) is 0.689. The molecule has 1 unspecified atom stereocenters. The average Bonchev–Trinajstić information content (AvgIpc) is 3.24. The van der Waals surface area contributed by atoms with E-state index in [0.717, 1.165) is 30.6 Å². The minimum absolute atomic E-state index is 0.0786. The molecular weight excluding hydrogens is 374 g/mol. The number of rotatable bonds is 6. The van der Waals surface area contributed by atoms with Gasteiger partial charge in [0.05, 0.1) is 17.2 Å². The molecule has 2 aliphatic rings. The van der Waals surface area contributed by atoms with E-state index in [0.29, 0.717) is 17.5 Å². The van der Waals surface area contributed by atoms with Gasteiger partial charge in [-0.3, -0.25) is 9.48 Å². The molecule has 8 heteroatoms. The first-order chi connectivity index (χ1) is 12.2. The number of sulfone groups is 1. The van der Waals surface area contributed by atoms with E-state index in [1.165, 1.54) is 6.08 Å². The summed E-state index contributed by atoms with van der Waals surface area (Å²) in [5.74, 6) is 0.529. The van der Waals surface area contributed by atoms with E-state index in [-0.39, 0.29) is 29.5 Å². The van der Waals surface area contributed by atoms with Crippen LogP contribution in [0.3, 0.4) is 0 Å². The van der Waals surface area contributed by atoms with E-state index in [2.05, 4.69) is 18.9 Å². The van der Waals surface area contributed by atoms with Crippen molar-refractivity contribution in [1.29, 1.82) is 0 Å². The number of aryl methyl sites for hydroxylation is 1. The molecule has 6 nitrogen and oxygen atoms in total. The fourth-order valence-corrected chi connectivity index (χ4v) is 5.49. The molecule has 0 radical (unpaired) electrons. The van der Waals surface area contributed by atoms with Gasteiger partial charge in [-0.25, -0.2) is 8.42 Å². The van der Waals surface area contributed by atoms with E-state index in [9.17, 15) is 13.2 Å². The first-order valence-corrected chi connectivity index (χ1v) is 11.3. The molecule has 0 spiro atoms. The highest BCUT2D eigenvalue weighted by Gasteiger charge is 2.41. The first-order valence-electron chi connectivity index (χ1n) is 9.11. The number of hydrogen-bond acceptors (Lipinski definition) is 4. The van der Waals surface area contributed by atoms with Crippen LogP contribution in [-0.4, -0.2) is 52.6 Å². The molecule has 1 amide bonds. The van der Waals surface area contributed by atoms with Crippen LogP contribution in [0.25, 0.3) is 6.08 Å². The summed E-state index contributed by atoms with van der Waals surface area (Å²) in [7, 11) is -3.02. The monoisotopic (exact) mass is 399 g/mol. The molecule has 2 heterocycles. The van der Waals surface area contributed by atoms with Crippen molar-refractivity contribution < 1.29 is 13.2 Å². The Morgan fingerprint density at radius 1 is 1.35 bits per heavy atom. The topological polar surface area (TPSA) is 72.3 Å². The average molecular weight is 400 g/mol. The zero-order chi connectivity index (χ0) is 19.1. The van der Waals surface area contributed by atoms with E-state index in [4.69, 9.17) is 11.6 Å². The molecule has 1 atom stereocenters. The summed E-state index contributed by atoms with van der Waals surface area (Å²) in [6, 6.07) is -0.0319. The van der Waals surface area contributed by atoms with Crippen molar-refractivity contribution in [1.82, 2.24) is 14.7 Å². The third kappa shape index (κ3) is 4.31. The predicted octanol–water partition coefficient (Wildman–Crippen LogP) is 2.69. The van der Waals surface area contributed by atoms with Gasteiger partial charge >= 0.3 is 0 Å². The van der Waals surface area contributed by atoms with Gasteiger partial charge in [0.15, 0.2) is 9.84 Å². The molecule has 1 saturated carbocycles. The van der Waals surface area contributed by atoms with Gasteiger partial charge in [-0.05, 0) is 38.2 Å². The van der Waals surface area contributed by atoms with E-state index < -0.39 is 9.84 Å². The third-order valence-corrected chi connectivity index (χ3v) is 6.99. The van der Waals surface area contributed by atoms with Gasteiger partial charge in [0, 0.05) is 30.3 Å². The van der Waals surface area contributed by atoms with E-state index in [1.807, 2.05) is 6.92 Å². The molecule has 1 aliphatic carbocycles. The maximum atomic E-state index is 12.8. The number of carbonyl (C=O) groups is 1. The summed E-state index contributed by atoms with van der Waals surface area (Å²) in [6.45, 7) is 6.77. The Morgan fingerprint density at radius 2 is 2.04 bits per heavy atom. The second-order valence-corrected chi connectivity index (χ2v) is 10.3. The third-order valence-electron chi connectivity index (χ3n) is 4.84. The molecule has 0 bridgehead atoms. The second-order valence-electron chi connectivity index (χ2n) is 7.73. The Hall–Kier alpha value is -1.34. The van der Waals surface area contributed by atoms with Gasteiger partial charge in [-0.15, -0.1) is 0 Å². The van der Waals surface area contributed by atoms with Gasteiger partial charge in [0.1, 0.15) is 5.15 Å². The highest BCUT2D eigenvalue weighted by Crippen LogP contribution is 2.32. The molecular formula is C18H26ClN3O3S. The maximum absolute atomic E-state index is 12.8. The molecule has 1 aliphatic heterocycles. The number of carbonyl (C=O) groups excluding carboxylic acids is 1. The fraction of sp³-hybridized carbons (Fsp3) is 0.667. The van der Waals surface area contributed by atoms with Crippen molar-refractivity contribution >= 4 is 33.4 Å². The fourth-order valence-electron chi connectivity index (χ4n) is 3.47. The number of aromatic nitrogens is 2. The molecule has 1 saturated heterocycles. The Kier molecular flexibility index (Phi) is 5.49. The Labute approximate surface area is 160 Å². The Balaban J connectivity index is 1.77. The lowest BCUT2D eigenvalue weighted by Crippen LogP contribution is -2.41. The van der Waals surface area contributed by atoms with Gasteiger partial charge in [0.25, 0.3) is 0 Å². The molecule has 0 N–H and O–H groups in total. The predicted molar refractivity (Wildman–Crippen MR) is 103 cm³/mol. The number of nitrogens with zero attached hydrogens (tertiary/aromatic N) is 3. The minimum Gasteiger partial charge on any atom is -0.332 e. The summed E-state index contributed by atoms with van der Waals surface area (Å²) in [4.78, 5) is 14.5. The lowest BCUT2D eigenvalue weighted by molar-refractivity contribution is -0.128. The highest BCUT2D eigenvalue weighted by molar-refractivity contribution is 7.91. The van der Waals surface area contributed by atoms with Gasteiger partial charge in [0.2, 0.25) is 5.91 Å². The second kappa shape index (κ2) is 7.35. The molecule has 0 aromatic carbocycles. The largest absolute Gasteiger partial charge is 0.332 e. The Morgan fingerprint density at radius 3 is 2.58 bits per heavy atom. The summed E-state index contributed by atoms with van der Waals surface area (Å²) in [6.07, 6.45) is 5.65. The molecule has 3 rings (SSSR count). The number of halogens is 1. The molecule has 144 valence electrons. The zero-order valence-corrected chi connectivity index (χ0v) is 17.1. The summed E-state index contributed by atoms with van der Waals surface area (Å²) < 4.78 is 25.3. The smallest absolute Gasteiger partial charge is 0.247 e. The van der Waals surface area contributed by atoms with Crippen LogP contribution in [0.15, 0.2) is 6.08 Å². The molecule has 26 heavy (non-hydrogen) atoms. The van der Waals surface area contributed by atoms with Crippen LogP contribution in [0.5, 0.6) is 0 Å².